The van der Waals surface area contributed by atoms with Crippen molar-refractivity contribution in [3.8, 4) is 0 Å². The standard InChI is InChI=1S/C11H18N4O/c16-11-10(3-4-13-14-11)2-1-7-15-8-5-12-6-9-15/h3-4,12H,1-2,5-9H2,(H,14,16). The first-order chi connectivity index (χ1) is 7.86. The summed E-state index contributed by atoms with van der Waals surface area (Å²) in [7, 11) is 0. The molecule has 0 saturated carbocycles. The van der Waals surface area contributed by atoms with Crippen LogP contribution in [0.2, 0.25) is 0 Å². The maximum Gasteiger partial charge on any atom is 0.267 e. The molecule has 1 aliphatic rings. The predicted octanol–water partition coefficient (Wildman–Crippen LogP) is -0.392. The topological polar surface area (TPSA) is 61.0 Å². The maximum absolute atomic E-state index is 11.4. The van der Waals surface area contributed by atoms with E-state index >= 15 is 0 Å². The zero-order valence-corrected chi connectivity index (χ0v) is 9.41. The van der Waals surface area contributed by atoms with Crippen molar-refractivity contribution in [3.05, 3.63) is 28.2 Å². The fourth-order valence-electron chi connectivity index (χ4n) is 2.00. The molecular formula is C11H18N4O. The highest BCUT2D eigenvalue weighted by atomic mass is 16.1. The summed E-state index contributed by atoms with van der Waals surface area (Å²) in [5.41, 5.74) is 0.785. The number of hydrogen-bond acceptors (Lipinski definition) is 4. The molecule has 88 valence electrons. The zero-order chi connectivity index (χ0) is 11.2. The molecule has 0 aliphatic carbocycles. The van der Waals surface area contributed by atoms with Gasteiger partial charge in [0.05, 0.1) is 0 Å². The van der Waals surface area contributed by atoms with Crippen LogP contribution in [0.15, 0.2) is 17.1 Å². The van der Waals surface area contributed by atoms with E-state index in [0.717, 1.165) is 51.1 Å². The lowest BCUT2D eigenvalue weighted by atomic mass is 10.1. The van der Waals surface area contributed by atoms with Gasteiger partial charge in [0.25, 0.3) is 5.56 Å². The summed E-state index contributed by atoms with van der Waals surface area (Å²) in [5, 5.41) is 9.47. The molecule has 1 aromatic rings. The molecule has 5 heteroatoms. The first kappa shape index (κ1) is 11.3. The van der Waals surface area contributed by atoms with Gasteiger partial charge in [-0.15, -0.1) is 0 Å². The van der Waals surface area contributed by atoms with Crippen LogP contribution in [-0.2, 0) is 6.42 Å². The van der Waals surface area contributed by atoms with Gasteiger partial charge < -0.3 is 10.2 Å². The van der Waals surface area contributed by atoms with Crippen molar-refractivity contribution in [2.75, 3.05) is 32.7 Å². The average Bonchev–Trinajstić information content (AvgIpc) is 2.33. The second-order valence-corrected chi connectivity index (χ2v) is 4.11. The Morgan fingerprint density at radius 1 is 1.38 bits per heavy atom. The molecule has 5 nitrogen and oxygen atoms in total. The Labute approximate surface area is 94.9 Å². The van der Waals surface area contributed by atoms with E-state index in [1.807, 2.05) is 0 Å². The van der Waals surface area contributed by atoms with Gasteiger partial charge in [-0.05, 0) is 25.5 Å². The van der Waals surface area contributed by atoms with Gasteiger partial charge in [0.1, 0.15) is 0 Å². The van der Waals surface area contributed by atoms with E-state index in [0.29, 0.717) is 0 Å². The van der Waals surface area contributed by atoms with Crippen molar-refractivity contribution in [2.24, 2.45) is 0 Å². The summed E-state index contributed by atoms with van der Waals surface area (Å²) in [4.78, 5) is 13.8. The van der Waals surface area contributed by atoms with Gasteiger partial charge in [0.2, 0.25) is 0 Å². The van der Waals surface area contributed by atoms with E-state index in [2.05, 4.69) is 20.4 Å². The second kappa shape index (κ2) is 5.77. The summed E-state index contributed by atoms with van der Waals surface area (Å²) in [5.74, 6) is 0. The van der Waals surface area contributed by atoms with Crippen LogP contribution in [-0.4, -0.2) is 47.8 Å². The summed E-state index contributed by atoms with van der Waals surface area (Å²) >= 11 is 0. The quantitative estimate of drug-likeness (QED) is 0.728. The molecule has 2 N–H and O–H groups in total. The highest BCUT2D eigenvalue weighted by Gasteiger charge is 2.08. The van der Waals surface area contributed by atoms with E-state index in [1.165, 1.54) is 0 Å². The Bertz CT molecular complexity index is 370. The fraction of sp³-hybridized carbons (Fsp3) is 0.636. The van der Waals surface area contributed by atoms with Crippen molar-refractivity contribution in [1.82, 2.24) is 20.4 Å². The predicted molar refractivity (Wildman–Crippen MR) is 62.5 cm³/mol. The first-order valence-corrected chi connectivity index (χ1v) is 5.82. The molecule has 16 heavy (non-hydrogen) atoms. The minimum absolute atomic E-state index is 0.0530. The summed E-state index contributed by atoms with van der Waals surface area (Å²) in [6.07, 6.45) is 3.51. The van der Waals surface area contributed by atoms with Crippen molar-refractivity contribution in [3.63, 3.8) is 0 Å². The van der Waals surface area contributed by atoms with Crippen molar-refractivity contribution in [2.45, 2.75) is 12.8 Å². The number of aromatic amines is 1. The zero-order valence-electron chi connectivity index (χ0n) is 9.41. The Kier molecular flexibility index (Phi) is 4.07. The minimum atomic E-state index is -0.0530. The number of piperazine rings is 1. The molecule has 0 atom stereocenters. The van der Waals surface area contributed by atoms with Crippen LogP contribution in [0.1, 0.15) is 12.0 Å². The number of nitrogens with one attached hydrogen (secondary N) is 2. The average molecular weight is 222 g/mol. The number of rotatable bonds is 4. The SMILES string of the molecule is O=c1[nH]nccc1CCCN1CCNCC1. The number of aromatic nitrogens is 2. The van der Waals surface area contributed by atoms with Crippen molar-refractivity contribution >= 4 is 0 Å². The maximum atomic E-state index is 11.4. The molecule has 1 aromatic heterocycles. The Balaban J connectivity index is 1.75. The van der Waals surface area contributed by atoms with Crippen LogP contribution in [0.25, 0.3) is 0 Å². The van der Waals surface area contributed by atoms with Gasteiger partial charge in [-0.2, -0.15) is 5.10 Å². The summed E-state index contributed by atoms with van der Waals surface area (Å²) in [6, 6.07) is 1.80. The highest BCUT2D eigenvalue weighted by Crippen LogP contribution is 1.99. The van der Waals surface area contributed by atoms with E-state index in [4.69, 9.17) is 0 Å². The van der Waals surface area contributed by atoms with Gasteiger partial charge in [0, 0.05) is 37.9 Å². The van der Waals surface area contributed by atoms with Crippen LogP contribution in [0, 0.1) is 0 Å². The van der Waals surface area contributed by atoms with Gasteiger partial charge >= 0.3 is 0 Å². The number of aryl methyl sites for hydroxylation is 1. The molecule has 0 amide bonds. The van der Waals surface area contributed by atoms with E-state index in [-0.39, 0.29) is 5.56 Å². The molecule has 0 aromatic carbocycles. The molecule has 1 saturated heterocycles. The fourth-order valence-corrected chi connectivity index (χ4v) is 2.00. The Hall–Kier alpha value is -1.20. The lowest BCUT2D eigenvalue weighted by Crippen LogP contribution is -2.43. The van der Waals surface area contributed by atoms with Crippen LogP contribution >= 0.6 is 0 Å². The molecule has 0 unspecified atom stereocenters. The molecule has 1 aliphatic heterocycles. The number of H-pyrrole nitrogens is 1. The van der Waals surface area contributed by atoms with E-state index in [1.54, 1.807) is 12.3 Å². The van der Waals surface area contributed by atoms with E-state index in [9.17, 15) is 4.79 Å². The Morgan fingerprint density at radius 3 is 2.94 bits per heavy atom. The lowest BCUT2D eigenvalue weighted by Gasteiger charge is -2.26. The monoisotopic (exact) mass is 222 g/mol. The van der Waals surface area contributed by atoms with Crippen LogP contribution in [0.4, 0.5) is 0 Å². The second-order valence-electron chi connectivity index (χ2n) is 4.11. The third-order valence-electron chi connectivity index (χ3n) is 2.94. The molecule has 0 bridgehead atoms. The van der Waals surface area contributed by atoms with Gasteiger partial charge in [-0.25, -0.2) is 5.10 Å². The molecule has 2 heterocycles. The minimum Gasteiger partial charge on any atom is -0.314 e. The van der Waals surface area contributed by atoms with Gasteiger partial charge in [0.15, 0.2) is 0 Å². The third kappa shape index (κ3) is 3.15. The molecule has 1 fully saturated rings. The smallest absolute Gasteiger partial charge is 0.267 e. The third-order valence-corrected chi connectivity index (χ3v) is 2.94. The number of hydrogen-bond donors (Lipinski definition) is 2. The largest absolute Gasteiger partial charge is 0.314 e. The van der Waals surface area contributed by atoms with Gasteiger partial charge in [-0.3, -0.25) is 4.79 Å². The molecule has 0 spiro atoms. The highest BCUT2D eigenvalue weighted by molar-refractivity contribution is 5.05. The molecular weight excluding hydrogens is 204 g/mol. The van der Waals surface area contributed by atoms with Gasteiger partial charge in [-0.1, -0.05) is 0 Å². The summed E-state index contributed by atoms with van der Waals surface area (Å²) < 4.78 is 0. The lowest BCUT2D eigenvalue weighted by molar-refractivity contribution is 0.238. The van der Waals surface area contributed by atoms with Crippen LogP contribution in [0.3, 0.4) is 0 Å². The summed E-state index contributed by atoms with van der Waals surface area (Å²) in [6.45, 7) is 5.47. The van der Waals surface area contributed by atoms with Crippen molar-refractivity contribution in [1.29, 1.82) is 0 Å². The van der Waals surface area contributed by atoms with Crippen LogP contribution < -0.4 is 10.9 Å². The van der Waals surface area contributed by atoms with E-state index < -0.39 is 0 Å². The molecule has 0 radical (unpaired) electrons. The normalized spacial score (nSPS) is 17.5. The van der Waals surface area contributed by atoms with Crippen LogP contribution in [0.5, 0.6) is 0 Å². The Morgan fingerprint density at radius 2 is 2.19 bits per heavy atom. The molecule has 2 rings (SSSR count). The first-order valence-electron chi connectivity index (χ1n) is 5.82. The number of nitrogens with zero attached hydrogens (tertiary/aromatic N) is 2. The van der Waals surface area contributed by atoms with Crippen molar-refractivity contribution < 1.29 is 0 Å².